The highest BCUT2D eigenvalue weighted by atomic mass is 19.1. The van der Waals surface area contributed by atoms with Crippen molar-refractivity contribution in [1.29, 1.82) is 0 Å². The number of carbonyl (C=O) groups excluding carboxylic acids is 1. The molecule has 2 atom stereocenters. The molecule has 1 heterocycles. The van der Waals surface area contributed by atoms with Crippen LogP contribution < -0.4 is 5.32 Å². The zero-order valence-electron chi connectivity index (χ0n) is 13.6. The second-order valence-corrected chi connectivity index (χ2v) is 5.67. The first-order valence-electron chi connectivity index (χ1n) is 7.72. The smallest absolute Gasteiger partial charge is 0.254 e. The molecule has 0 spiro atoms. The molecule has 0 fully saturated rings. The van der Waals surface area contributed by atoms with Crippen LogP contribution in [-0.2, 0) is 6.42 Å². The zero-order valence-corrected chi connectivity index (χ0v) is 13.6. The van der Waals surface area contributed by atoms with Crippen molar-refractivity contribution < 1.29 is 14.3 Å². The van der Waals surface area contributed by atoms with Gasteiger partial charge in [-0.05, 0) is 43.5 Å². The highest BCUT2D eigenvalue weighted by Crippen LogP contribution is 2.17. The SMILES string of the molecule is CCc1c(C(=O)NC(C)C(C)CO)cnn1-c1ccc(F)cc1. The number of nitrogens with one attached hydrogen (secondary N) is 1. The predicted octanol–water partition coefficient (Wildman–Crippen LogP) is 2.32. The second-order valence-electron chi connectivity index (χ2n) is 5.67. The third kappa shape index (κ3) is 3.76. The number of aromatic nitrogens is 2. The summed E-state index contributed by atoms with van der Waals surface area (Å²) in [5.74, 6) is -0.567. The molecule has 23 heavy (non-hydrogen) atoms. The molecule has 0 aliphatic rings. The van der Waals surface area contributed by atoms with Crippen molar-refractivity contribution in [2.45, 2.75) is 33.2 Å². The lowest BCUT2D eigenvalue weighted by atomic mass is 10.0. The number of amides is 1. The molecule has 0 aliphatic heterocycles. The summed E-state index contributed by atoms with van der Waals surface area (Å²) in [6, 6.07) is 5.83. The Morgan fingerprint density at radius 1 is 1.35 bits per heavy atom. The summed E-state index contributed by atoms with van der Waals surface area (Å²) in [5.41, 5.74) is 1.96. The molecule has 0 saturated heterocycles. The highest BCUT2D eigenvalue weighted by molar-refractivity contribution is 5.95. The van der Waals surface area contributed by atoms with E-state index in [1.807, 2.05) is 20.8 Å². The largest absolute Gasteiger partial charge is 0.396 e. The number of hydrogen-bond acceptors (Lipinski definition) is 3. The van der Waals surface area contributed by atoms with Gasteiger partial charge in [0.1, 0.15) is 5.82 Å². The monoisotopic (exact) mass is 319 g/mol. The van der Waals surface area contributed by atoms with Gasteiger partial charge >= 0.3 is 0 Å². The van der Waals surface area contributed by atoms with Gasteiger partial charge in [-0.3, -0.25) is 4.79 Å². The summed E-state index contributed by atoms with van der Waals surface area (Å²) < 4.78 is 14.7. The summed E-state index contributed by atoms with van der Waals surface area (Å²) in [4.78, 5) is 12.4. The van der Waals surface area contributed by atoms with Crippen molar-refractivity contribution in [2.75, 3.05) is 6.61 Å². The zero-order chi connectivity index (χ0) is 17.0. The van der Waals surface area contributed by atoms with E-state index in [0.29, 0.717) is 17.7 Å². The van der Waals surface area contributed by atoms with E-state index in [-0.39, 0.29) is 30.3 Å². The number of aliphatic hydroxyl groups excluding tert-OH is 1. The minimum atomic E-state index is -0.316. The van der Waals surface area contributed by atoms with Crippen LogP contribution in [-0.4, -0.2) is 33.4 Å². The maximum Gasteiger partial charge on any atom is 0.254 e. The summed E-state index contributed by atoms with van der Waals surface area (Å²) in [5, 5.41) is 16.3. The van der Waals surface area contributed by atoms with Gasteiger partial charge in [0, 0.05) is 12.6 Å². The number of hydrogen-bond donors (Lipinski definition) is 2. The number of halogens is 1. The molecule has 2 aromatic rings. The Morgan fingerprint density at radius 2 is 2.00 bits per heavy atom. The van der Waals surface area contributed by atoms with E-state index >= 15 is 0 Å². The number of nitrogens with zero attached hydrogens (tertiary/aromatic N) is 2. The fraction of sp³-hybridized carbons (Fsp3) is 0.412. The molecule has 2 rings (SSSR count). The van der Waals surface area contributed by atoms with Crippen LogP contribution in [0.15, 0.2) is 30.5 Å². The maximum atomic E-state index is 13.1. The lowest BCUT2D eigenvalue weighted by Gasteiger charge is -2.19. The Hall–Kier alpha value is -2.21. The molecule has 1 aromatic heterocycles. The lowest BCUT2D eigenvalue weighted by Crippen LogP contribution is -2.38. The van der Waals surface area contributed by atoms with Crippen LogP contribution in [0.1, 0.15) is 36.8 Å². The molecule has 2 unspecified atom stereocenters. The highest BCUT2D eigenvalue weighted by Gasteiger charge is 2.20. The molecule has 1 aromatic carbocycles. The summed E-state index contributed by atoms with van der Waals surface area (Å²) in [6.07, 6.45) is 2.14. The van der Waals surface area contributed by atoms with Gasteiger partial charge in [-0.15, -0.1) is 0 Å². The number of aliphatic hydroxyl groups is 1. The molecule has 0 saturated carbocycles. The van der Waals surface area contributed by atoms with Gasteiger partial charge in [0.25, 0.3) is 5.91 Å². The number of benzene rings is 1. The van der Waals surface area contributed by atoms with E-state index in [0.717, 1.165) is 5.69 Å². The van der Waals surface area contributed by atoms with Crippen LogP contribution in [0.5, 0.6) is 0 Å². The van der Waals surface area contributed by atoms with Crippen LogP contribution in [0, 0.1) is 11.7 Å². The maximum absolute atomic E-state index is 13.1. The molecule has 0 bridgehead atoms. The van der Waals surface area contributed by atoms with Crippen molar-refractivity contribution in [3.8, 4) is 5.69 Å². The van der Waals surface area contributed by atoms with Gasteiger partial charge in [0.05, 0.1) is 23.1 Å². The van der Waals surface area contributed by atoms with Crippen LogP contribution in [0.4, 0.5) is 4.39 Å². The molecule has 2 N–H and O–H groups in total. The summed E-state index contributed by atoms with van der Waals surface area (Å²) in [6.45, 7) is 5.67. The molecular weight excluding hydrogens is 297 g/mol. The van der Waals surface area contributed by atoms with Crippen molar-refractivity contribution in [1.82, 2.24) is 15.1 Å². The minimum Gasteiger partial charge on any atom is -0.396 e. The third-order valence-corrected chi connectivity index (χ3v) is 4.02. The van der Waals surface area contributed by atoms with E-state index < -0.39 is 0 Å². The van der Waals surface area contributed by atoms with Crippen molar-refractivity contribution in [3.05, 3.63) is 47.5 Å². The van der Waals surface area contributed by atoms with E-state index in [2.05, 4.69) is 10.4 Å². The molecule has 0 radical (unpaired) electrons. The van der Waals surface area contributed by atoms with Crippen molar-refractivity contribution in [2.24, 2.45) is 5.92 Å². The average Bonchev–Trinajstić information content (AvgIpc) is 2.98. The van der Waals surface area contributed by atoms with E-state index in [9.17, 15) is 9.18 Å². The minimum absolute atomic E-state index is 0.0108. The van der Waals surface area contributed by atoms with E-state index in [1.165, 1.54) is 18.3 Å². The molecule has 0 aliphatic carbocycles. The predicted molar refractivity (Wildman–Crippen MR) is 86.1 cm³/mol. The van der Waals surface area contributed by atoms with Gasteiger partial charge in [-0.2, -0.15) is 5.10 Å². The first-order chi connectivity index (χ1) is 11.0. The molecule has 124 valence electrons. The fourth-order valence-electron chi connectivity index (χ4n) is 2.29. The molecule has 5 nitrogen and oxygen atoms in total. The van der Waals surface area contributed by atoms with Crippen molar-refractivity contribution in [3.63, 3.8) is 0 Å². The Balaban J connectivity index is 2.27. The molecule has 6 heteroatoms. The van der Waals surface area contributed by atoms with E-state index in [1.54, 1.807) is 16.8 Å². The van der Waals surface area contributed by atoms with Crippen LogP contribution in [0.2, 0.25) is 0 Å². The van der Waals surface area contributed by atoms with Gasteiger partial charge in [-0.25, -0.2) is 9.07 Å². The van der Waals surface area contributed by atoms with Gasteiger partial charge in [0.2, 0.25) is 0 Å². The Morgan fingerprint density at radius 3 is 2.57 bits per heavy atom. The quantitative estimate of drug-likeness (QED) is 0.858. The Labute approximate surface area is 135 Å². The van der Waals surface area contributed by atoms with Crippen LogP contribution in [0.25, 0.3) is 5.69 Å². The first-order valence-corrected chi connectivity index (χ1v) is 7.72. The Kier molecular flexibility index (Phi) is 5.50. The lowest BCUT2D eigenvalue weighted by molar-refractivity contribution is 0.0915. The second kappa shape index (κ2) is 7.37. The van der Waals surface area contributed by atoms with Crippen molar-refractivity contribution >= 4 is 5.91 Å². The normalized spacial score (nSPS) is 13.6. The summed E-state index contributed by atoms with van der Waals surface area (Å²) in [7, 11) is 0. The molecular formula is C17H22FN3O2. The topological polar surface area (TPSA) is 67.2 Å². The third-order valence-electron chi connectivity index (χ3n) is 4.02. The summed E-state index contributed by atoms with van der Waals surface area (Å²) >= 11 is 0. The van der Waals surface area contributed by atoms with Gasteiger partial charge < -0.3 is 10.4 Å². The average molecular weight is 319 g/mol. The van der Waals surface area contributed by atoms with Gasteiger partial charge in [0.15, 0.2) is 0 Å². The van der Waals surface area contributed by atoms with Crippen LogP contribution in [0.3, 0.4) is 0 Å². The number of rotatable bonds is 6. The molecule has 1 amide bonds. The van der Waals surface area contributed by atoms with E-state index in [4.69, 9.17) is 5.11 Å². The first kappa shape index (κ1) is 17.1. The van der Waals surface area contributed by atoms with Gasteiger partial charge in [-0.1, -0.05) is 13.8 Å². The Bertz CT molecular complexity index is 667. The van der Waals surface area contributed by atoms with Crippen LogP contribution >= 0.6 is 0 Å². The standard InChI is InChI=1S/C17H22FN3O2/c1-4-16-15(17(23)20-12(3)11(2)10-22)9-19-21(16)14-7-5-13(18)6-8-14/h5-9,11-12,22H,4,10H2,1-3H3,(H,20,23). The fourth-order valence-corrected chi connectivity index (χ4v) is 2.29. The number of carbonyl (C=O) groups is 1.